The van der Waals surface area contributed by atoms with Crippen LogP contribution in [0.4, 0.5) is 0 Å². The standard InChI is InChI=1S/C16H26N2O4S/c1-11(19)14(5-7-17-2)18-10-13(20)4-3-12-6-8-23-16(22)9-15(12)21/h12,14,17-18H,3-10H2,1-2H3/t12-,14+/m1/s1. The van der Waals surface area contributed by atoms with Gasteiger partial charge in [0.15, 0.2) is 5.12 Å². The van der Waals surface area contributed by atoms with Crippen molar-refractivity contribution >= 4 is 34.2 Å². The average Bonchev–Trinajstić information content (AvgIpc) is 2.65. The van der Waals surface area contributed by atoms with Crippen LogP contribution in [0.15, 0.2) is 0 Å². The minimum atomic E-state index is -0.320. The molecular weight excluding hydrogens is 316 g/mol. The van der Waals surface area contributed by atoms with Crippen molar-refractivity contribution in [3.8, 4) is 0 Å². The molecule has 0 aliphatic carbocycles. The van der Waals surface area contributed by atoms with Gasteiger partial charge in [-0.25, -0.2) is 0 Å². The summed E-state index contributed by atoms with van der Waals surface area (Å²) in [6, 6.07) is -0.320. The van der Waals surface area contributed by atoms with Gasteiger partial charge in [-0.15, -0.1) is 0 Å². The Hall–Kier alpha value is -1.05. The van der Waals surface area contributed by atoms with Gasteiger partial charge in [-0.3, -0.25) is 19.2 Å². The highest BCUT2D eigenvalue weighted by molar-refractivity contribution is 8.13. The number of hydrogen-bond acceptors (Lipinski definition) is 7. The number of nitrogens with one attached hydrogen (secondary N) is 2. The molecule has 0 radical (unpaired) electrons. The van der Waals surface area contributed by atoms with Crippen molar-refractivity contribution in [2.24, 2.45) is 5.92 Å². The fourth-order valence-corrected chi connectivity index (χ4v) is 3.39. The van der Waals surface area contributed by atoms with Gasteiger partial charge in [0.05, 0.1) is 19.0 Å². The van der Waals surface area contributed by atoms with Crippen molar-refractivity contribution in [2.45, 2.75) is 45.1 Å². The van der Waals surface area contributed by atoms with Crippen LogP contribution in [-0.2, 0) is 19.2 Å². The SMILES string of the molecule is CNCC[C@H](NCC(=O)CC[C@@H]1CCSC(=O)CC1=O)C(C)=O. The van der Waals surface area contributed by atoms with Crippen LogP contribution >= 0.6 is 11.8 Å². The van der Waals surface area contributed by atoms with Gasteiger partial charge in [-0.1, -0.05) is 11.8 Å². The van der Waals surface area contributed by atoms with Crippen molar-refractivity contribution in [3.63, 3.8) is 0 Å². The zero-order chi connectivity index (χ0) is 17.2. The third kappa shape index (κ3) is 7.85. The van der Waals surface area contributed by atoms with Crippen LogP contribution in [0.25, 0.3) is 0 Å². The summed E-state index contributed by atoms with van der Waals surface area (Å²) in [6.07, 6.45) is 2.08. The first-order valence-electron chi connectivity index (χ1n) is 8.02. The third-order valence-corrected chi connectivity index (χ3v) is 4.90. The second kappa shape index (κ2) is 10.7. The summed E-state index contributed by atoms with van der Waals surface area (Å²) < 4.78 is 0. The molecule has 1 saturated heterocycles. The van der Waals surface area contributed by atoms with Crippen LogP contribution in [0.5, 0.6) is 0 Å². The molecule has 0 amide bonds. The number of carbonyl (C=O) groups excluding carboxylic acids is 4. The van der Waals surface area contributed by atoms with Gasteiger partial charge in [0.25, 0.3) is 0 Å². The lowest BCUT2D eigenvalue weighted by molar-refractivity contribution is -0.126. The van der Waals surface area contributed by atoms with Gasteiger partial charge in [0.2, 0.25) is 0 Å². The number of thioether (sulfide) groups is 1. The quantitative estimate of drug-likeness (QED) is 0.565. The summed E-state index contributed by atoms with van der Waals surface area (Å²) in [6.45, 7) is 2.35. The van der Waals surface area contributed by atoms with E-state index < -0.39 is 0 Å². The number of Topliss-reactive ketones (excluding diaryl/α,β-unsaturated/α-hetero) is 3. The van der Waals surface area contributed by atoms with Crippen LogP contribution in [0.2, 0.25) is 0 Å². The minimum absolute atomic E-state index is 0.00302. The lowest BCUT2D eigenvalue weighted by Crippen LogP contribution is -2.40. The van der Waals surface area contributed by atoms with Crippen molar-refractivity contribution in [3.05, 3.63) is 0 Å². The first-order chi connectivity index (χ1) is 10.9. The lowest BCUT2D eigenvalue weighted by atomic mass is 9.93. The Kier molecular flexibility index (Phi) is 9.28. The summed E-state index contributed by atoms with van der Waals surface area (Å²) in [5.74, 6) is 0.430. The molecule has 1 aliphatic heterocycles. The van der Waals surface area contributed by atoms with Gasteiger partial charge >= 0.3 is 0 Å². The molecule has 2 N–H and O–H groups in total. The minimum Gasteiger partial charge on any atom is -0.320 e. The molecule has 0 aromatic heterocycles. The van der Waals surface area contributed by atoms with E-state index in [-0.39, 0.29) is 47.4 Å². The van der Waals surface area contributed by atoms with Crippen LogP contribution in [0.1, 0.15) is 39.0 Å². The molecule has 130 valence electrons. The highest BCUT2D eigenvalue weighted by Crippen LogP contribution is 2.24. The van der Waals surface area contributed by atoms with Gasteiger partial charge in [0.1, 0.15) is 17.3 Å². The monoisotopic (exact) mass is 342 g/mol. The lowest BCUT2D eigenvalue weighted by Gasteiger charge is -2.16. The molecular formula is C16H26N2O4S. The summed E-state index contributed by atoms with van der Waals surface area (Å²) in [5, 5.41) is 5.90. The average molecular weight is 342 g/mol. The van der Waals surface area contributed by atoms with E-state index in [9.17, 15) is 19.2 Å². The molecule has 0 saturated carbocycles. The van der Waals surface area contributed by atoms with Crippen molar-refractivity contribution in [1.82, 2.24) is 10.6 Å². The number of rotatable bonds is 10. The molecule has 1 fully saturated rings. The van der Waals surface area contributed by atoms with Crippen LogP contribution in [0.3, 0.4) is 0 Å². The van der Waals surface area contributed by atoms with E-state index in [1.165, 1.54) is 18.7 Å². The molecule has 0 spiro atoms. The topological polar surface area (TPSA) is 92.3 Å². The Labute approximate surface area is 141 Å². The Balaban J connectivity index is 2.34. The molecule has 1 heterocycles. The predicted molar refractivity (Wildman–Crippen MR) is 90.5 cm³/mol. The van der Waals surface area contributed by atoms with Crippen LogP contribution in [-0.4, -0.2) is 54.4 Å². The first-order valence-corrected chi connectivity index (χ1v) is 9.01. The molecule has 0 aromatic rings. The zero-order valence-corrected chi connectivity index (χ0v) is 14.7. The fraction of sp³-hybridized carbons (Fsp3) is 0.750. The highest BCUT2D eigenvalue weighted by atomic mass is 32.2. The maximum absolute atomic E-state index is 12.0. The molecule has 6 nitrogen and oxygen atoms in total. The van der Waals surface area contributed by atoms with E-state index in [0.717, 1.165) is 0 Å². The number of ketones is 3. The predicted octanol–water partition coefficient (Wildman–Crippen LogP) is 0.731. The largest absolute Gasteiger partial charge is 0.320 e. The third-order valence-electron chi connectivity index (χ3n) is 3.99. The highest BCUT2D eigenvalue weighted by Gasteiger charge is 2.25. The van der Waals surface area contributed by atoms with E-state index >= 15 is 0 Å². The smallest absolute Gasteiger partial charge is 0.196 e. The van der Waals surface area contributed by atoms with Gasteiger partial charge < -0.3 is 10.6 Å². The maximum Gasteiger partial charge on any atom is 0.196 e. The zero-order valence-electron chi connectivity index (χ0n) is 13.9. The van der Waals surface area contributed by atoms with Crippen LogP contribution < -0.4 is 10.6 Å². The first kappa shape index (κ1) is 20.0. The van der Waals surface area contributed by atoms with E-state index in [2.05, 4.69) is 10.6 Å². The second-order valence-electron chi connectivity index (χ2n) is 5.86. The maximum atomic E-state index is 12.0. The van der Waals surface area contributed by atoms with E-state index in [1.54, 1.807) is 0 Å². The van der Waals surface area contributed by atoms with E-state index in [1.807, 2.05) is 7.05 Å². The molecule has 0 bridgehead atoms. The Morgan fingerprint density at radius 2 is 2.09 bits per heavy atom. The molecule has 1 aliphatic rings. The fourth-order valence-electron chi connectivity index (χ4n) is 2.52. The summed E-state index contributed by atoms with van der Waals surface area (Å²) in [5.41, 5.74) is 0. The summed E-state index contributed by atoms with van der Waals surface area (Å²) in [7, 11) is 1.81. The number of carbonyl (C=O) groups is 4. The number of hydrogen-bond donors (Lipinski definition) is 2. The van der Waals surface area contributed by atoms with E-state index in [4.69, 9.17) is 0 Å². The van der Waals surface area contributed by atoms with Gasteiger partial charge in [0, 0.05) is 18.1 Å². The molecule has 1 rings (SSSR count). The molecule has 0 unspecified atom stereocenters. The Bertz CT molecular complexity index is 453. The Morgan fingerprint density at radius 3 is 2.74 bits per heavy atom. The summed E-state index contributed by atoms with van der Waals surface area (Å²) in [4.78, 5) is 46.7. The van der Waals surface area contributed by atoms with Crippen molar-refractivity contribution < 1.29 is 19.2 Å². The van der Waals surface area contributed by atoms with Gasteiger partial charge in [-0.2, -0.15) is 0 Å². The van der Waals surface area contributed by atoms with Crippen LogP contribution in [0, 0.1) is 5.92 Å². The molecule has 0 aromatic carbocycles. The van der Waals surface area contributed by atoms with Gasteiger partial charge in [-0.05, 0) is 39.8 Å². The van der Waals surface area contributed by atoms with Crippen molar-refractivity contribution in [2.75, 3.05) is 25.9 Å². The molecule has 2 atom stereocenters. The van der Waals surface area contributed by atoms with E-state index in [0.29, 0.717) is 38.0 Å². The normalized spacial score (nSPS) is 20.2. The summed E-state index contributed by atoms with van der Waals surface area (Å²) >= 11 is 1.21. The second-order valence-corrected chi connectivity index (χ2v) is 7.02. The molecule has 23 heavy (non-hydrogen) atoms. The molecule has 7 heteroatoms. The van der Waals surface area contributed by atoms with Crippen molar-refractivity contribution in [1.29, 1.82) is 0 Å². The Morgan fingerprint density at radius 1 is 1.35 bits per heavy atom.